The van der Waals surface area contributed by atoms with Gasteiger partial charge in [0.25, 0.3) is 0 Å². The number of anilines is 3. The Morgan fingerprint density at radius 2 is 1.91 bits per heavy atom. The number of hydrogen-bond donors (Lipinski definition) is 3. The van der Waals surface area contributed by atoms with E-state index in [9.17, 15) is 9.90 Å². The molecule has 2 aromatic carbocycles. The van der Waals surface area contributed by atoms with E-state index in [4.69, 9.17) is 15.0 Å². The minimum Gasteiger partial charge on any atom is -0.481 e. The van der Waals surface area contributed by atoms with Gasteiger partial charge in [0.15, 0.2) is 5.13 Å². The molecule has 2 heterocycles. The van der Waals surface area contributed by atoms with Crippen LogP contribution in [-0.2, 0) is 17.6 Å². The van der Waals surface area contributed by atoms with Crippen molar-refractivity contribution in [3.8, 4) is 0 Å². The number of aromatic nitrogens is 3. The highest BCUT2D eigenvalue weighted by Crippen LogP contribution is 2.31. The molecule has 1 saturated carbocycles. The van der Waals surface area contributed by atoms with E-state index in [1.165, 1.54) is 5.56 Å². The normalized spacial score (nSPS) is 17.7. The zero-order valence-corrected chi connectivity index (χ0v) is 19.8. The van der Waals surface area contributed by atoms with Crippen molar-refractivity contribution in [2.75, 3.05) is 10.6 Å². The first-order valence-corrected chi connectivity index (χ1v) is 12.4. The molecule has 4 aromatic rings. The number of carbonyl (C=O) groups is 1. The van der Waals surface area contributed by atoms with E-state index in [1.807, 2.05) is 24.3 Å². The Bertz CT molecular complexity index is 1310. The molecule has 2 atom stereocenters. The summed E-state index contributed by atoms with van der Waals surface area (Å²) < 4.78 is 1.14. The molecular weight excluding hydrogens is 446 g/mol. The number of rotatable bonds is 8. The molecule has 5 rings (SSSR count). The lowest BCUT2D eigenvalue weighted by atomic mass is 10.1. The predicted molar refractivity (Wildman–Crippen MR) is 136 cm³/mol. The van der Waals surface area contributed by atoms with Crippen molar-refractivity contribution >= 4 is 44.4 Å². The third kappa shape index (κ3) is 5.17. The summed E-state index contributed by atoms with van der Waals surface area (Å²) in [5, 5.41) is 16.9. The summed E-state index contributed by atoms with van der Waals surface area (Å²) in [5.74, 6) is 0.151. The summed E-state index contributed by atoms with van der Waals surface area (Å²) in [4.78, 5) is 25.5. The Labute approximate surface area is 202 Å². The summed E-state index contributed by atoms with van der Waals surface area (Å²) in [6, 6.07) is 18.6. The van der Waals surface area contributed by atoms with Gasteiger partial charge in [0.05, 0.1) is 21.8 Å². The first-order chi connectivity index (χ1) is 16.6. The number of carboxylic acids is 1. The summed E-state index contributed by atoms with van der Waals surface area (Å²) in [6.45, 7) is 2.15. The van der Waals surface area contributed by atoms with Crippen molar-refractivity contribution in [2.24, 2.45) is 5.92 Å². The van der Waals surface area contributed by atoms with Gasteiger partial charge < -0.3 is 15.7 Å². The highest BCUT2D eigenvalue weighted by molar-refractivity contribution is 7.22. The molecule has 1 aliphatic carbocycles. The maximum atomic E-state index is 11.4. The average Bonchev–Trinajstić information content (AvgIpc) is 3.45. The van der Waals surface area contributed by atoms with Crippen LogP contribution in [0.3, 0.4) is 0 Å². The van der Waals surface area contributed by atoms with Crippen molar-refractivity contribution in [2.45, 2.75) is 45.1 Å². The molecule has 0 saturated heterocycles. The van der Waals surface area contributed by atoms with Crippen LogP contribution in [0.2, 0.25) is 0 Å². The van der Waals surface area contributed by atoms with Gasteiger partial charge in [-0.25, -0.2) is 9.97 Å². The molecular formula is C26H27N5O2S. The number of carboxylic acid groups (broad SMARTS) is 1. The molecule has 7 nitrogen and oxygen atoms in total. The van der Waals surface area contributed by atoms with E-state index >= 15 is 0 Å². The van der Waals surface area contributed by atoms with Crippen LogP contribution >= 0.6 is 11.3 Å². The number of nitrogens with one attached hydrogen (secondary N) is 2. The Morgan fingerprint density at radius 1 is 1.06 bits per heavy atom. The SMILES string of the molecule is CCc1ccc2nc(Nc3cc(Cc4ccccc4)nc(N[C@H]4CC[C@@H](C(=O)O)C4)n3)sc2c1. The number of benzene rings is 2. The van der Waals surface area contributed by atoms with E-state index in [2.05, 4.69) is 47.9 Å². The highest BCUT2D eigenvalue weighted by Gasteiger charge is 2.30. The van der Waals surface area contributed by atoms with Crippen LogP contribution < -0.4 is 10.6 Å². The Hall–Kier alpha value is -3.52. The fraction of sp³-hybridized carbons (Fsp3) is 0.308. The minimum absolute atomic E-state index is 0.0517. The van der Waals surface area contributed by atoms with Crippen LogP contribution in [0.25, 0.3) is 10.2 Å². The molecule has 0 aliphatic heterocycles. The number of hydrogen-bond acceptors (Lipinski definition) is 7. The zero-order chi connectivity index (χ0) is 23.5. The molecule has 0 bridgehead atoms. The van der Waals surface area contributed by atoms with Gasteiger partial charge in [-0.2, -0.15) is 4.98 Å². The number of aryl methyl sites for hydroxylation is 1. The molecule has 0 unspecified atom stereocenters. The second-order valence-electron chi connectivity index (χ2n) is 8.72. The third-order valence-electron chi connectivity index (χ3n) is 6.22. The highest BCUT2D eigenvalue weighted by atomic mass is 32.1. The van der Waals surface area contributed by atoms with Crippen LogP contribution in [-0.4, -0.2) is 32.1 Å². The van der Waals surface area contributed by atoms with E-state index in [0.717, 1.165) is 39.4 Å². The number of nitrogens with zero attached hydrogens (tertiary/aromatic N) is 3. The minimum atomic E-state index is -0.729. The quantitative estimate of drug-likeness (QED) is 0.304. The Kier molecular flexibility index (Phi) is 6.40. The lowest BCUT2D eigenvalue weighted by Gasteiger charge is -2.15. The number of aliphatic carboxylic acids is 1. The molecule has 8 heteroatoms. The van der Waals surface area contributed by atoms with Gasteiger partial charge in [0, 0.05) is 18.5 Å². The first-order valence-electron chi connectivity index (χ1n) is 11.6. The lowest BCUT2D eigenvalue weighted by Crippen LogP contribution is -2.20. The Balaban J connectivity index is 1.41. The molecule has 1 aliphatic rings. The molecule has 3 N–H and O–H groups in total. The first kappa shape index (κ1) is 22.3. The van der Waals surface area contributed by atoms with Gasteiger partial charge in [-0.15, -0.1) is 0 Å². The summed E-state index contributed by atoms with van der Waals surface area (Å²) >= 11 is 1.61. The number of thiazole rings is 1. The van der Waals surface area contributed by atoms with Crippen LogP contribution in [0, 0.1) is 5.92 Å². The van der Waals surface area contributed by atoms with Gasteiger partial charge in [-0.3, -0.25) is 4.79 Å². The van der Waals surface area contributed by atoms with Crippen molar-refractivity contribution in [1.82, 2.24) is 15.0 Å². The van der Waals surface area contributed by atoms with Gasteiger partial charge in [-0.1, -0.05) is 54.7 Å². The third-order valence-corrected chi connectivity index (χ3v) is 7.15. The van der Waals surface area contributed by atoms with Gasteiger partial charge in [-0.05, 0) is 48.9 Å². The van der Waals surface area contributed by atoms with E-state index < -0.39 is 5.97 Å². The second kappa shape index (κ2) is 9.77. The van der Waals surface area contributed by atoms with Crippen molar-refractivity contribution in [3.05, 3.63) is 71.4 Å². The zero-order valence-electron chi connectivity index (χ0n) is 19.0. The summed E-state index contributed by atoms with van der Waals surface area (Å²) in [6.07, 6.45) is 3.72. The fourth-order valence-corrected chi connectivity index (χ4v) is 5.33. The van der Waals surface area contributed by atoms with Gasteiger partial charge >= 0.3 is 5.97 Å². The number of fused-ring (bicyclic) bond motifs is 1. The molecule has 174 valence electrons. The molecule has 0 amide bonds. The topological polar surface area (TPSA) is 100 Å². The van der Waals surface area contributed by atoms with E-state index in [0.29, 0.717) is 31.0 Å². The molecule has 0 spiro atoms. The largest absolute Gasteiger partial charge is 0.481 e. The smallest absolute Gasteiger partial charge is 0.306 e. The predicted octanol–water partition coefficient (Wildman–Crippen LogP) is 5.65. The van der Waals surface area contributed by atoms with Gasteiger partial charge in [0.1, 0.15) is 5.82 Å². The van der Waals surface area contributed by atoms with Gasteiger partial charge in [0.2, 0.25) is 5.95 Å². The van der Waals surface area contributed by atoms with Crippen LogP contribution in [0.4, 0.5) is 16.9 Å². The lowest BCUT2D eigenvalue weighted by molar-refractivity contribution is -0.141. The van der Waals surface area contributed by atoms with E-state index in [-0.39, 0.29) is 12.0 Å². The molecule has 2 aromatic heterocycles. The van der Waals surface area contributed by atoms with E-state index in [1.54, 1.807) is 11.3 Å². The second-order valence-corrected chi connectivity index (χ2v) is 9.75. The van der Waals surface area contributed by atoms with Crippen LogP contribution in [0.5, 0.6) is 0 Å². The average molecular weight is 474 g/mol. The van der Waals surface area contributed by atoms with Crippen molar-refractivity contribution in [3.63, 3.8) is 0 Å². The Morgan fingerprint density at radius 3 is 2.68 bits per heavy atom. The maximum Gasteiger partial charge on any atom is 0.306 e. The van der Waals surface area contributed by atoms with Crippen molar-refractivity contribution < 1.29 is 9.90 Å². The molecule has 34 heavy (non-hydrogen) atoms. The van der Waals surface area contributed by atoms with Crippen molar-refractivity contribution in [1.29, 1.82) is 0 Å². The maximum absolute atomic E-state index is 11.4. The fourth-order valence-electron chi connectivity index (χ4n) is 4.39. The molecule has 1 fully saturated rings. The monoisotopic (exact) mass is 473 g/mol. The van der Waals surface area contributed by atoms with Crippen LogP contribution in [0.15, 0.2) is 54.6 Å². The summed E-state index contributed by atoms with van der Waals surface area (Å²) in [7, 11) is 0. The molecule has 0 radical (unpaired) electrons. The standard InChI is InChI=1S/C26H27N5O2S/c1-2-16-8-11-21-22(13-16)34-26(29-21)31-23-15-20(12-17-6-4-3-5-7-17)28-25(30-23)27-19-10-9-18(14-19)24(32)33/h3-8,11,13,15,18-19H,2,9-10,12,14H2,1H3,(H,32,33)(H2,27,28,29,30,31)/t18-,19+/m1/s1. The van der Waals surface area contributed by atoms with Crippen LogP contribution in [0.1, 0.15) is 43.0 Å². The summed E-state index contributed by atoms with van der Waals surface area (Å²) in [5.41, 5.74) is 4.30.